The largest absolute Gasteiger partial charge is 0.347 e. The minimum Gasteiger partial charge on any atom is -0.347 e. The van der Waals surface area contributed by atoms with Crippen LogP contribution in [0.25, 0.3) is 0 Å². The van der Waals surface area contributed by atoms with Crippen molar-refractivity contribution in [3.63, 3.8) is 0 Å². The molecule has 0 aliphatic carbocycles. The molecule has 1 aromatic carbocycles. The molecule has 0 aromatic heterocycles. The number of amides is 4. The number of carbonyl (C=O) groups is 3. The number of hydrogen-bond acceptors (Lipinski definition) is 3. The quantitative estimate of drug-likeness (QED) is 0.812. The second kappa shape index (κ2) is 7.03. The van der Waals surface area contributed by atoms with Crippen LogP contribution in [-0.2, 0) is 9.59 Å². The van der Waals surface area contributed by atoms with Crippen LogP contribution in [-0.4, -0.2) is 34.8 Å². The summed E-state index contributed by atoms with van der Waals surface area (Å²) in [5, 5.41) is 5.74. The molecular weight excluding hydrogens is 306 g/mol. The molecule has 0 saturated carbocycles. The lowest BCUT2D eigenvalue weighted by Crippen LogP contribution is -2.52. The van der Waals surface area contributed by atoms with Gasteiger partial charge in [0.1, 0.15) is 6.04 Å². The zero-order chi connectivity index (χ0) is 17.1. The van der Waals surface area contributed by atoms with Gasteiger partial charge in [0.05, 0.1) is 12.1 Å². The van der Waals surface area contributed by atoms with Crippen molar-refractivity contribution in [3.8, 4) is 0 Å². The molecule has 2 N–H and O–H groups in total. The number of rotatable bonds is 5. The van der Waals surface area contributed by atoms with Crippen molar-refractivity contribution < 1.29 is 14.4 Å². The van der Waals surface area contributed by atoms with Crippen molar-refractivity contribution in [2.75, 3.05) is 0 Å². The number of hydrogen-bond donors (Lipinski definition) is 2. The van der Waals surface area contributed by atoms with E-state index < -0.39 is 6.04 Å². The van der Waals surface area contributed by atoms with Gasteiger partial charge in [-0.2, -0.15) is 0 Å². The first-order chi connectivity index (χ1) is 11.6. The van der Waals surface area contributed by atoms with Gasteiger partial charge in [-0.3, -0.25) is 14.5 Å². The molecule has 2 aliphatic rings. The van der Waals surface area contributed by atoms with E-state index >= 15 is 0 Å². The fourth-order valence-electron chi connectivity index (χ4n) is 3.50. The molecule has 0 radical (unpaired) electrons. The monoisotopic (exact) mass is 329 g/mol. The Balaban J connectivity index is 1.84. The molecule has 0 bridgehead atoms. The Morgan fingerprint density at radius 1 is 1.12 bits per heavy atom. The molecule has 0 unspecified atom stereocenters. The zero-order valence-corrected chi connectivity index (χ0v) is 13.8. The van der Waals surface area contributed by atoms with Crippen LogP contribution < -0.4 is 10.6 Å². The maximum absolute atomic E-state index is 12.7. The minimum absolute atomic E-state index is 0.0466. The lowest BCUT2D eigenvalue weighted by atomic mass is 9.90. The maximum atomic E-state index is 12.7. The molecule has 0 spiro atoms. The van der Waals surface area contributed by atoms with Crippen molar-refractivity contribution in [1.29, 1.82) is 0 Å². The third kappa shape index (κ3) is 3.13. The molecule has 6 heteroatoms. The van der Waals surface area contributed by atoms with Gasteiger partial charge in [-0.25, -0.2) is 4.79 Å². The number of carbonyl (C=O) groups excluding carboxylic acids is 3. The van der Waals surface area contributed by atoms with E-state index in [0.29, 0.717) is 19.3 Å². The molecule has 2 saturated heterocycles. The second-order valence-corrected chi connectivity index (χ2v) is 6.41. The van der Waals surface area contributed by atoms with E-state index in [2.05, 4.69) is 17.6 Å². The van der Waals surface area contributed by atoms with E-state index in [0.717, 1.165) is 18.4 Å². The SMILES string of the molecule is CCCC[C@H]1NC(=O)N([C@@H]2CCC(=O)N[C@H]2c2ccccc2)C1=O. The summed E-state index contributed by atoms with van der Waals surface area (Å²) < 4.78 is 0. The van der Waals surface area contributed by atoms with E-state index in [4.69, 9.17) is 0 Å². The second-order valence-electron chi connectivity index (χ2n) is 6.41. The minimum atomic E-state index is -0.438. The number of urea groups is 1. The van der Waals surface area contributed by atoms with Crippen LogP contribution in [0.1, 0.15) is 50.6 Å². The van der Waals surface area contributed by atoms with Gasteiger partial charge >= 0.3 is 6.03 Å². The van der Waals surface area contributed by atoms with Gasteiger partial charge in [-0.05, 0) is 18.4 Å². The molecule has 3 rings (SSSR count). The Kier molecular flexibility index (Phi) is 4.83. The van der Waals surface area contributed by atoms with E-state index in [1.165, 1.54) is 4.90 Å². The van der Waals surface area contributed by atoms with E-state index in [9.17, 15) is 14.4 Å². The van der Waals surface area contributed by atoms with E-state index in [1.54, 1.807) is 0 Å². The normalized spacial score (nSPS) is 27.1. The number of benzene rings is 1. The van der Waals surface area contributed by atoms with Crippen LogP contribution in [0.3, 0.4) is 0 Å². The Labute approximate surface area is 141 Å². The number of piperidine rings is 1. The zero-order valence-electron chi connectivity index (χ0n) is 13.8. The highest BCUT2D eigenvalue weighted by Gasteiger charge is 2.46. The Morgan fingerprint density at radius 3 is 2.58 bits per heavy atom. The summed E-state index contributed by atoms with van der Waals surface area (Å²) >= 11 is 0. The van der Waals surface area contributed by atoms with Gasteiger partial charge in [0.25, 0.3) is 5.91 Å². The lowest BCUT2D eigenvalue weighted by Gasteiger charge is -2.36. The number of unbranched alkanes of at least 4 members (excludes halogenated alkanes) is 1. The lowest BCUT2D eigenvalue weighted by molar-refractivity contribution is -0.133. The fraction of sp³-hybridized carbons (Fsp3) is 0.500. The van der Waals surface area contributed by atoms with Gasteiger partial charge in [0.2, 0.25) is 5.91 Å². The van der Waals surface area contributed by atoms with Gasteiger partial charge in [-0.15, -0.1) is 0 Å². The molecule has 2 fully saturated rings. The number of imide groups is 1. The third-order valence-electron chi connectivity index (χ3n) is 4.76. The molecule has 2 aliphatic heterocycles. The van der Waals surface area contributed by atoms with Crippen LogP contribution in [0.2, 0.25) is 0 Å². The van der Waals surface area contributed by atoms with Crippen LogP contribution in [0.15, 0.2) is 30.3 Å². The summed E-state index contributed by atoms with van der Waals surface area (Å²) in [6.45, 7) is 2.06. The topological polar surface area (TPSA) is 78.5 Å². The Hall–Kier alpha value is -2.37. The fourth-order valence-corrected chi connectivity index (χ4v) is 3.50. The summed E-state index contributed by atoms with van der Waals surface area (Å²) in [5.74, 6) is -0.217. The van der Waals surface area contributed by atoms with E-state index in [1.807, 2.05) is 30.3 Å². The highest BCUT2D eigenvalue weighted by Crippen LogP contribution is 2.31. The Bertz CT molecular complexity index is 632. The molecule has 3 atom stereocenters. The summed E-state index contributed by atoms with van der Waals surface area (Å²) in [6.07, 6.45) is 3.35. The van der Waals surface area contributed by atoms with Gasteiger partial charge in [0, 0.05) is 6.42 Å². The molecule has 6 nitrogen and oxygen atoms in total. The number of nitrogens with zero attached hydrogens (tertiary/aromatic N) is 1. The molecule has 24 heavy (non-hydrogen) atoms. The summed E-state index contributed by atoms with van der Waals surface area (Å²) in [7, 11) is 0. The van der Waals surface area contributed by atoms with Gasteiger partial charge < -0.3 is 10.6 Å². The van der Waals surface area contributed by atoms with Crippen molar-refractivity contribution in [3.05, 3.63) is 35.9 Å². The Morgan fingerprint density at radius 2 is 1.88 bits per heavy atom. The van der Waals surface area contributed by atoms with Crippen LogP contribution >= 0.6 is 0 Å². The third-order valence-corrected chi connectivity index (χ3v) is 4.76. The smallest absolute Gasteiger partial charge is 0.325 e. The van der Waals surface area contributed by atoms with Gasteiger partial charge in [-0.1, -0.05) is 50.1 Å². The highest BCUT2D eigenvalue weighted by molar-refractivity contribution is 6.04. The first kappa shape index (κ1) is 16.5. The summed E-state index contributed by atoms with van der Waals surface area (Å²) in [6, 6.07) is 8.03. The first-order valence-corrected chi connectivity index (χ1v) is 8.59. The molecule has 4 amide bonds. The highest BCUT2D eigenvalue weighted by atomic mass is 16.2. The first-order valence-electron chi connectivity index (χ1n) is 8.59. The molecule has 2 heterocycles. The summed E-state index contributed by atoms with van der Waals surface area (Å²) in [4.78, 5) is 38.3. The standard InChI is InChI=1S/C18H23N3O3/c1-2-3-9-13-17(23)21(18(24)19-13)14-10-11-15(22)20-16(14)12-7-5-4-6-8-12/h4-8,13-14,16H,2-3,9-11H2,1H3,(H,19,24)(H,20,22)/t13-,14-,16+/m1/s1. The average molecular weight is 329 g/mol. The molecular formula is C18H23N3O3. The van der Waals surface area contributed by atoms with Crippen molar-refractivity contribution in [2.24, 2.45) is 0 Å². The maximum Gasteiger partial charge on any atom is 0.325 e. The predicted octanol–water partition coefficient (Wildman–Crippen LogP) is 2.12. The predicted molar refractivity (Wildman–Crippen MR) is 89.0 cm³/mol. The molecule has 1 aromatic rings. The van der Waals surface area contributed by atoms with E-state index in [-0.39, 0.29) is 29.9 Å². The molecule has 128 valence electrons. The van der Waals surface area contributed by atoms with Crippen molar-refractivity contribution in [1.82, 2.24) is 15.5 Å². The van der Waals surface area contributed by atoms with Crippen LogP contribution in [0.5, 0.6) is 0 Å². The van der Waals surface area contributed by atoms with Crippen LogP contribution in [0.4, 0.5) is 4.79 Å². The number of nitrogens with one attached hydrogen (secondary N) is 2. The van der Waals surface area contributed by atoms with Crippen molar-refractivity contribution in [2.45, 2.75) is 57.2 Å². The average Bonchev–Trinajstić information content (AvgIpc) is 2.88. The summed E-state index contributed by atoms with van der Waals surface area (Å²) in [5.41, 5.74) is 0.910. The van der Waals surface area contributed by atoms with Crippen LogP contribution in [0, 0.1) is 0 Å². The van der Waals surface area contributed by atoms with Crippen molar-refractivity contribution >= 4 is 17.8 Å². The van der Waals surface area contributed by atoms with Gasteiger partial charge in [0.15, 0.2) is 0 Å².